The lowest BCUT2D eigenvalue weighted by Gasteiger charge is -2.43. The Kier molecular flexibility index (Phi) is 52.4. The van der Waals surface area contributed by atoms with Gasteiger partial charge in [-0.25, -0.2) is 0 Å². The Hall–Kier alpha value is -0.840. The van der Waals surface area contributed by atoms with Crippen LogP contribution in [-0.2, 0) is 9.47 Å². The molecule has 0 aromatic carbocycles. The number of hydrogen-bond acceptors (Lipinski definition) is 21. The molecule has 0 aliphatic carbocycles. The third-order valence-corrected chi connectivity index (χ3v) is 26.7. The predicted octanol–water partition coefficient (Wildman–Crippen LogP) is 15.7. The van der Waals surface area contributed by atoms with Gasteiger partial charge in [-0.1, -0.05) is 125 Å². The topological polar surface area (TPSA) is 165 Å². The molecular formula is C104H222N14O7. The number of nitrogens with zero attached hydrogens (tertiary/aromatic N) is 14. The SMILES string of the molecule is CC(C)(C)C(O)CCN1CCN(C(C)(C)C)CC1.CC(C)(C)C(O)CN1CCN(C(C)(C)C)CC1.CC(C)(C)CCCN1CCN(C(C)(C)C)CC1.CC(C)(C)OCCN1CCN(CCOC(C)(C)C)CC1.CC(C)(C)[C@@H](O)CCN1CCN(C(C)(C)C)CC1.CC(C)(C)[C@@H](O)CN1CCN(C(C)(C)C)CC1.CC(C)(C)[C@H](O)CCN1CCN(C(C)(C)C)CC1. The Morgan fingerprint density at radius 2 is 0.360 bits per heavy atom. The minimum atomic E-state index is -0.233. The van der Waals surface area contributed by atoms with Crippen LogP contribution < -0.4 is 0 Å². The van der Waals surface area contributed by atoms with Crippen LogP contribution in [0.3, 0.4) is 0 Å². The molecule has 0 amide bonds. The summed E-state index contributed by atoms with van der Waals surface area (Å²) in [4.78, 5) is 35.1. The molecule has 0 radical (unpaired) electrons. The van der Waals surface area contributed by atoms with E-state index in [0.29, 0.717) is 11.0 Å². The molecule has 5 N–H and O–H groups in total. The number of aliphatic hydroxyl groups is 5. The number of hydrogen-bond donors (Lipinski definition) is 5. The molecule has 7 aliphatic heterocycles. The first-order chi connectivity index (χ1) is 56.4. The van der Waals surface area contributed by atoms with E-state index < -0.39 is 0 Å². The van der Waals surface area contributed by atoms with E-state index in [0.717, 1.165) is 235 Å². The maximum absolute atomic E-state index is 10.1. The number of aliphatic hydroxyl groups excluding tert-OH is 5. The van der Waals surface area contributed by atoms with Gasteiger partial charge in [-0.05, 0) is 237 Å². The first-order valence-electron chi connectivity index (χ1n) is 50.3. The van der Waals surface area contributed by atoms with E-state index in [4.69, 9.17) is 9.47 Å². The van der Waals surface area contributed by atoms with Crippen LogP contribution in [0.4, 0.5) is 0 Å². The lowest BCUT2D eigenvalue weighted by atomic mass is 9.87. The van der Waals surface area contributed by atoms with Gasteiger partial charge in [-0.3, -0.25) is 49.0 Å². The van der Waals surface area contributed by atoms with Gasteiger partial charge in [0, 0.05) is 262 Å². The van der Waals surface area contributed by atoms with Gasteiger partial charge in [0.2, 0.25) is 0 Å². The second-order valence-corrected chi connectivity index (χ2v) is 53.0. The lowest BCUT2D eigenvalue weighted by molar-refractivity contribution is -0.0280. The summed E-state index contributed by atoms with van der Waals surface area (Å²) < 4.78 is 11.6. The first kappa shape index (κ1) is 122. The summed E-state index contributed by atoms with van der Waals surface area (Å²) in [7, 11) is 0. The fourth-order valence-electron chi connectivity index (χ4n) is 16.1. The van der Waals surface area contributed by atoms with E-state index in [-0.39, 0.29) is 96.5 Å². The third kappa shape index (κ3) is 56.3. The lowest BCUT2D eigenvalue weighted by Crippen LogP contribution is -2.55. The molecule has 21 heteroatoms. The molecule has 7 aliphatic rings. The van der Waals surface area contributed by atoms with Gasteiger partial charge in [0.15, 0.2) is 0 Å². The Morgan fingerprint density at radius 1 is 0.200 bits per heavy atom. The second kappa shape index (κ2) is 53.6. The minimum absolute atomic E-state index is 0.00717. The van der Waals surface area contributed by atoms with Crippen LogP contribution in [0.25, 0.3) is 0 Å². The molecule has 125 heavy (non-hydrogen) atoms. The van der Waals surface area contributed by atoms with Crippen LogP contribution in [0.2, 0.25) is 0 Å². The zero-order chi connectivity index (χ0) is 96.8. The molecule has 7 fully saturated rings. The summed E-state index contributed by atoms with van der Waals surface area (Å²) >= 11 is 0. The van der Waals surface area contributed by atoms with Crippen LogP contribution in [0.1, 0.15) is 323 Å². The number of rotatable bonds is 22. The highest BCUT2D eigenvalue weighted by Gasteiger charge is 2.36. The Morgan fingerprint density at radius 3 is 0.520 bits per heavy atom. The molecule has 7 saturated heterocycles. The smallest absolute Gasteiger partial charge is 0.0715 e. The predicted molar refractivity (Wildman–Crippen MR) is 541 cm³/mol. The summed E-state index contributed by atoms with van der Waals surface area (Å²) in [6.07, 6.45) is 4.30. The van der Waals surface area contributed by atoms with Crippen molar-refractivity contribution in [3.8, 4) is 0 Å². The molecular weight excluding hydrogens is 1560 g/mol. The molecule has 7 heterocycles. The third-order valence-electron chi connectivity index (χ3n) is 26.7. The van der Waals surface area contributed by atoms with Gasteiger partial charge in [0.05, 0.1) is 54.9 Å². The van der Waals surface area contributed by atoms with Crippen LogP contribution in [0.5, 0.6) is 0 Å². The standard InChI is InChI=1S/C16H34N2O2.3C15H32N2O.C15H32N2.2C14H30N2O/c1-15(2,3)19-13-11-17-7-9-18(10-8-17)12-14-20-16(4,5)6;3*1-14(2,3)13(18)7-8-16-9-11-17(12-10-16)15(4,5)6;1-14(2,3)8-7-9-16-10-12-17(13-11-16)15(4,5)6;2*1-13(2,3)12(17)11-15-7-9-16(10-8-15)14(4,5)6/h7-14H2,1-6H3;3*13,18H,7-12H2,1-6H3;7-13H2,1-6H3;2*12,17H,7-11H2,1-6H3/t;2*13-;;;12-;/m.10..0./s1. The van der Waals surface area contributed by atoms with Crippen molar-refractivity contribution in [3.63, 3.8) is 0 Å². The monoisotopic (exact) mass is 1780 g/mol. The van der Waals surface area contributed by atoms with E-state index >= 15 is 0 Å². The second-order valence-electron chi connectivity index (χ2n) is 53.0. The molecule has 0 saturated carbocycles. The highest BCUT2D eigenvalue weighted by molar-refractivity contribution is 4.91. The molecule has 5 atom stereocenters. The van der Waals surface area contributed by atoms with E-state index in [1.165, 1.54) is 45.6 Å². The van der Waals surface area contributed by atoms with Crippen molar-refractivity contribution in [1.29, 1.82) is 0 Å². The molecule has 0 spiro atoms. The van der Waals surface area contributed by atoms with Crippen LogP contribution >= 0.6 is 0 Å². The normalized spacial score (nSPS) is 21.7. The molecule has 750 valence electrons. The van der Waals surface area contributed by atoms with E-state index in [2.05, 4.69) is 359 Å². The molecule has 0 aromatic rings. The van der Waals surface area contributed by atoms with E-state index in [9.17, 15) is 25.5 Å². The van der Waals surface area contributed by atoms with Gasteiger partial charge in [-0.15, -0.1) is 0 Å². The van der Waals surface area contributed by atoms with Gasteiger partial charge in [-0.2, -0.15) is 0 Å². The Bertz CT molecular complexity index is 2510. The van der Waals surface area contributed by atoms with Gasteiger partial charge in [0.25, 0.3) is 0 Å². The summed E-state index contributed by atoms with van der Waals surface area (Å²) in [5.41, 5.74) is 2.20. The van der Waals surface area contributed by atoms with Gasteiger partial charge in [0.1, 0.15) is 0 Å². The summed E-state index contributed by atoms with van der Waals surface area (Å²) in [5.74, 6) is 0. The van der Waals surface area contributed by atoms with Gasteiger partial charge < -0.3 is 54.6 Å². The van der Waals surface area contributed by atoms with Crippen LogP contribution in [0.15, 0.2) is 0 Å². The molecule has 7 rings (SSSR count). The van der Waals surface area contributed by atoms with Crippen molar-refractivity contribution in [1.82, 2.24) is 68.6 Å². The largest absolute Gasteiger partial charge is 0.393 e. The van der Waals surface area contributed by atoms with E-state index in [1.54, 1.807) is 0 Å². The van der Waals surface area contributed by atoms with Crippen molar-refractivity contribution >= 4 is 0 Å². The average molecular weight is 1780 g/mol. The number of β-amino-alcohol motifs (C(OH)–C–C–N with tert-alkyl or cyclic N) is 2. The fourth-order valence-corrected chi connectivity index (χ4v) is 16.1. The Balaban J connectivity index is 0.000000730. The van der Waals surface area contributed by atoms with Crippen molar-refractivity contribution in [2.24, 2.45) is 32.5 Å². The summed E-state index contributed by atoms with van der Waals surface area (Å²) in [6.45, 7) is 134. The summed E-state index contributed by atoms with van der Waals surface area (Å²) in [5, 5.41) is 50.4. The van der Waals surface area contributed by atoms with Crippen molar-refractivity contribution in [2.75, 3.05) is 249 Å². The molecule has 0 aromatic heterocycles. The van der Waals surface area contributed by atoms with Crippen LogP contribution in [0, 0.1) is 32.5 Å². The highest BCUT2D eigenvalue weighted by Crippen LogP contribution is 2.30. The quantitative estimate of drug-likeness (QED) is 0.0694. The van der Waals surface area contributed by atoms with Crippen molar-refractivity contribution in [3.05, 3.63) is 0 Å². The zero-order valence-corrected chi connectivity index (χ0v) is 91.6. The van der Waals surface area contributed by atoms with E-state index in [1.807, 2.05) is 0 Å². The fraction of sp³-hybridized carbons (Fsp3) is 1.00. The maximum Gasteiger partial charge on any atom is 0.0715 e. The highest BCUT2D eigenvalue weighted by atomic mass is 16.5. The van der Waals surface area contributed by atoms with Gasteiger partial charge >= 0.3 is 0 Å². The number of ether oxygens (including phenoxy) is 2. The van der Waals surface area contributed by atoms with Crippen molar-refractivity contribution in [2.45, 2.75) is 398 Å². The molecule has 2 unspecified atom stereocenters. The zero-order valence-electron chi connectivity index (χ0n) is 91.6. The first-order valence-corrected chi connectivity index (χ1v) is 50.3. The maximum atomic E-state index is 10.1. The molecule has 0 bridgehead atoms. The van der Waals surface area contributed by atoms with Crippen LogP contribution in [-0.4, -0.2) is 418 Å². The minimum Gasteiger partial charge on any atom is -0.393 e. The molecule has 21 nitrogen and oxygen atoms in total. The summed E-state index contributed by atoms with van der Waals surface area (Å²) in [6, 6.07) is 0. The van der Waals surface area contributed by atoms with Crippen molar-refractivity contribution < 1.29 is 35.0 Å². The average Bonchev–Trinajstić information content (AvgIpc) is 0.856. The number of piperazine rings is 7. The Labute approximate surface area is 778 Å².